The molecule has 1 aromatic rings. The number of carbonyl (C=O) groups excluding carboxylic acids is 2. The van der Waals surface area contributed by atoms with Crippen LogP contribution in [0.4, 0.5) is 0 Å². The molecule has 4 nitrogen and oxygen atoms in total. The average Bonchev–Trinajstić information content (AvgIpc) is 2.96. The highest BCUT2D eigenvalue weighted by molar-refractivity contribution is 5.87. The summed E-state index contributed by atoms with van der Waals surface area (Å²) >= 11 is 0. The number of amides is 2. The van der Waals surface area contributed by atoms with E-state index < -0.39 is 0 Å². The van der Waals surface area contributed by atoms with Gasteiger partial charge in [-0.2, -0.15) is 0 Å². The second-order valence-corrected chi connectivity index (χ2v) is 6.47. The zero-order valence-electron chi connectivity index (χ0n) is 13.8. The van der Waals surface area contributed by atoms with Gasteiger partial charge in [-0.15, -0.1) is 0 Å². The van der Waals surface area contributed by atoms with E-state index in [1.165, 1.54) is 0 Å². The zero-order chi connectivity index (χ0) is 16.1. The summed E-state index contributed by atoms with van der Waals surface area (Å²) in [6, 6.07) is 9.76. The molecule has 2 amide bonds. The van der Waals surface area contributed by atoms with Crippen LogP contribution in [0.5, 0.6) is 0 Å². The molecule has 1 aromatic carbocycles. The van der Waals surface area contributed by atoms with Crippen molar-refractivity contribution in [1.82, 2.24) is 9.80 Å². The van der Waals surface area contributed by atoms with Crippen LogP contribution in [0.2, 0.25) is 0 Å². The number of hydrogen-bond donors (Lipinski definition) is 0. The van der Waals surface area contributed by atoms with Gasteiger partial charge in [0.05, 0.1) is 0 Å². The Kier molecular flexibility index (Phi) is 5.58. The summed E-state index contributed by atoms with van der Waals surface area (Å²) in [5.41, 5.74) is 1.13. The van der Waals surface area contributed by atoms with E-state index in [0.717, 1.165) is 24.9 Å². The van der Waals surface area contributed by atoms with E-state index in [-0.39, 0.29) is 17.9 Å². The van der Waals surface area contributed by atoms with Crippen molar-refractivity contribution >= 4 is 11.8 Å². The first kappa shape index (κ1) is 16.5. The van der Waals surface area contributed by atoms with E-state index in [9.17, 15) is 9.59 Å². The number of hydrogen-bond acceptors (Lipinski definition) is 2. The maximum atomic E-state index is 12.9. The molecule has 0 aliphatic carbocycles. The first-order valence-electron chi connectivity index (χ1n) is 8.09. The molecule has 22 heavy (non-hydrogen) atoms. The molecular formula is C18H26N2O2. The fourth-order valence-corrected chi connectivity index (χ4v) is 3.09. The molecule has 0 spiro atoms. The van der Waals surface area contributed by atoms with Gasteiger partial charge in [-0.25, -0.2) is 0 Å². The van der Waals surface area contributed by atoms with Gasteiger partial charge in [-0.3, -0.25) is 9.59 Å². The smallest absolute Gasteiger partial charge is 0.245 e. The van der Waals surface area contributed by atoms with Crippen LogP contribution in [0.25, 0.3) is 0 Å². The van der Waals surface area contributed by atoms with Crippen molar-refractivity contribution in [3.63, 3.8) is 0 Å². The Bertz CT molecular complexity index is 513. The normalized spacial score (nSPS) is 17.8. The van der Waals surface area contributed by atoms with Gasteiger partial charge < -0.3 is 9.80 Å². The monoisotopic (exact) mass is 302 g/mol. The maximum absolute atomic E-state index is 12.9. The molecule has 1 fully saturated rings. The predicted molar refractivity (Wildman–Crippen MR) is 87.1 cm³/mol. The van der Waals surface area contributed by atoms with Crippen molar-refractivity contribution in [3.05, 3.63) is 35.9 Å². The molecular weight excluding hydrogens is 276 g/mol. The predicted octanol–water partition coefficient (Wildman–Crippen LogP) is 2.68. The second-order valence-electron chi connectivity index (χ2n) is 6.47. The van der Waals surface area contributed by atoms with Crippen LogP contribution in [0.3, 0.4) is 0 Å². The van der Waals surface area contributed by atoms with Gasteiger partial charge in [0.1, 0.15) is 6.04 Å². The van der Waals surface area contributed by atoms with Gasteiger partial charge >= 0.3 is 0 Å². The van der Waals surface area contributed by atoms with Crippen LogP contribution in [-0.2, 0) is 16.1 Å². The Morgan fingerprint density at radius 2 is 1.95 bits per heavy atom. The van der Waals surface area contributed by atoms with Crippen molar-refractivity contribution in [3.8, 4) is 0 Å². The lowest BCUT2D eigenvalue weighted by molar-refractivity contribution is -0.143. The van der Waals surface area contributed by atoms with Crippen LogP contribution in [0.15, 0.2) is 30.3 Å². The largest absolute Gasteiger partial charge is 0.336 e. The summed E-state index contributed by atoms with van der Waals surface area (Å²) in [5.74, 6) is 0.491. The van der Waals surface area contributed by atoms with E-state index in [1.54, 1.807) is 11.8 Å². The van der Waals surface area contributed by atoms with Gasteiger partial charge in [-0.05, 0) is 24.3 Å². The lowest BCUT2D eigenvalue weighted by atomic mass is 10.1. The molecule has 0 unspecified atom stereocenters. The number of carbonyl (C=O) groups is 2. The Hall–Kier alpha value is -1.84. The Morgan fingerprint density at radius 1 is 1.27 bits per heavy atom. The fraction of sp³-hybridized carbons (Fsp3) is 0.556. The first-order valence-corrected chi connectivity index (χ1v) is 8.09. The summed E-state index contributed by atoms with van der Waals surface area (Å²) in [4.78, 5) is 28.3. The second kappa shape index (κ2) is 7.43. The molecule has 1 heterocycles. The summed E-state index contributed by atoms with van der Waals surface area (Å²) in [6.07, 6.45) is 1.69. The van der Waals surface area contributed by atoms with Crippen LogP contribution < -0.4 is 0 Å². The van der Waals surface area contributed by atoms with Crippen LogP contribution >= 0.6 is 0 Å². The van der Waals surface area contributed by atoms with E-state index in [2.05, 4.69) is 13.8 Å². The summed E-state index contributed by atoms with van der Waals surface area (Å²) in [6.45, 7) is 7.81. The van der Waals surface area contributed by atoms with E-state index in [0.29, 0.717) is 19.0 Å². The van der Waals surface area contributed by atoms with Gasteiger partial charge in [-0.1, -0.05) is 44.2 Å². The molecule has 1 aliphatic rings. The van der Waals surface area contributed by atoms with Gasteiger partial charge in [0, 0.05) is 26.6 Å². The summed E-state index contributed by atoms with van der Waals surface area (Å²) < 4.78 is 0. The highest BCUT2D eigenvalue weighted by atomic mass is 16.2. The molecule has 0 radical (unpaired) electrons. The highest BCUT2D eigenvalue weighted by Gasteiger charge is 2.35. The van der Waals surface area contributed by atoms with Gasteiger partial charge in [0.2, 0.25) is 11.8 Å². The average molecular weight is 302 g/mol. The molecule has 0 N–H and O–H groups in total. The molecule has 0 saturated carbocycles. The van der Waals surface area contributed by atoms with Crippen molar-refractivity contribution < 1.29 is 9.59 Å². The van der Waals surface area contributed by atoms with E-state index in [4.69, 9.17) is 0 Å². The summed E-state index contributed by atoms with van der Waals surface area (Å²) in [7, 11) is 0. The maximum Gasteiger partial charge on any atom is 0.245 e. The number of rotatable bonds is 5. The third kappa shape index (κ3) is 4.09. The third-order valence-corrected chi connectivity index (χ3v) is 4.06. The molecule has 4 heteroatoms. The first-order chi connectivity index (χ1) is 10.5. The van der Waals surface area contributed by atoms with Crippen molar-refractivity contribution in [2.75, 3.05) is 13.1 Å². The van der Waals surface area contributed by atoms with E-state index in [1.807, 2.05) is 35.2 Å². The Morgan fingerprint density at radius 3 is 2.55 bits per heavy atom. The van der Waals surface area contributed by atoms with Crippen LogP contribution in [-0.4, -0.2) is 40.7 Å². The summed E-state index contributed by atoms with van der Waals surface area (Å²) in [5, 5.41) is 0. The molecule has 0 aromatic heterocycles. The Labute approximate surface area is 133 Å². The number of likely N-dealkylation sites (tertiary alicyclic amines) is 1. The van der Waals surface area contributed by atoms with E-state index >= 15 is 0 Å². The van der Waals surface area contributed by atoms with Crippen LogP contribution in [0, 0.1) is 5.92 Å². The molecule has 1 atom stereocenters. The lowest BCUT2D eigenvalue weighted by Gasteiger charge is -2.31. The molecule has 1 saturated heterocycles. The standard InChI is InChI=1S/C18H26N2O2/c1-14(2)12-19(13-16-8-5-4-6-9-16)18(22)17-10-7-11-20(17)15(3)21/h4-6,8-9,14,17H,7,10-13H2,1-3H3/t17-/m1/s1. The van der Waals surface area contributed by atoms with Crippen molar-refractivity contribution in [2.45, 2.75) is 46.2 Å². The molecule has 2 rings (SSSR count). The topological polar surface area (TPSA) is 40.6 Å². The minimum absolute atomic E-state index is 0.0000537. The van der Waals surface area contributed by atoms with Crippen molar-refractivity contribution in [2.24, 2.45) is 5.92 Å². The highest BCUT2D eigenvalue weighted by Crippen LogP contribution is 2.21. The lowest BCUT2D eigenvalue weighted by Crippen LogP contribution is -2.47. The van der Waals surface area contributed by atoms with Gasteiger partial charge in [0.25, 0.3) is 0 Å². The third-order valence-electron chi connectivity index (χ3n) is 4.06. The zero-order valence-corrected chi connectivity index (χ0v) is 13.8. The SMILES string of the molecule is CC(=O)N1CCC[C@@H]1C(=O)N(Cc1ccccc1)CC(C)C. The minimum atomic E-state index is -0.278. The van der Waals surface area contributed by atoms with Gasteiger partial charge in [0.15, 0.2) is 0 Å². The minimum Gasteiger partial charge on any atom is -0.336 e. The van der Waals surface area contributed by atoms with Crippen LogP contribution in [0.1, 0.15) is 39.2 Å². The molecule has 120 valence electrons. The molecule has 0 bridgehead atoms. The van der Waals surface area contributed by atoms with Crippen molar-refractivity contribution in [1.29, 1.82) is 0 Å². The quantitative estimate of drug-likeness (QED) is 0.839. The number of nitrogens with zero attached hydrogens (tertiary/aromatic N) is 2. The number of benzene rings is 1. The fourth-order valence-electron chi connectivity index (χ4n) is 3.09. The Balaban J connectivity index is 2.14. The molecule has 1 aliphatic heterocycles.